The number of phosphoric ester groups is 1. The lowest BCUT2D eigenvalue weighted by atomic mass is 9.89. The molecule has 2 amide bonds. The van der Waals surface area contributed by atoms with E-state index >= 15 is 0 Å². The molecule has 0 aromatic heterocycles. The van der Waals surface area contributed by atoms with E-state index < -0.39 is 135 Å². The highest BCUT2D eigenvalue weighted by Crippen LogP contribution is 2.66. The van der Waals surface area contributed by atoms with Crippen LogP contribution in [-0.2, 0) is 56.6 Å². The van der Waals surface area contributed by atoms with E-state index in [-0.39, 0.29) is 52.8 Å². The third kappa shape index (κ3) is 13.7. The molecule has 28 nitrogen and oxygen atoms in total. The van der Waals surface area contributed by atoms with Gasteiger partial charge in [-0.15, -0.1) is 0 Å². The predicted molar refractivity (Wildman–Crippen MR) is 248 cm³/mol. The van der Waals surface area contributed by atoms with Crippen LogP contribution in [0.1, 0.15) is 53.8 Å². The standard InChI is InChI=1S/C36H42N5O23P3S4/c1-36(2,69-68-16-59-25-14-28(41-12-10-27(39)40-35(41)45)61-26(25)15-60-66(49,50)64-67(51,52)63-65(46,47)48)11-9-24(42)17-3-4-18(21(13-17)34(43)44)29-19-5-7-22(37)32(70(53,54)55)30(19)62-31-20(29)6-8-23(38)33(31)71(56,57)58/h3-8,10,12-13,25-28,37H,9,11,14-16,38-39H2,1-2H3,(H,40,45)(H,43,44)(H,49,50)(H,51,52)(H2,46,47,48)(H,53,54,55)(H,56,57,58)/t25?,26-,27?,28-/m1/s1. The number of benzene rings is 3. The monoisotopic (exact) mass is 1130 g/mol. The molecule has 2 aromatic carbocycles. The molecule has 0 spiro atoms. The highest BCUT2D eigenvalue weighted by Gasteiger charge is 2.45. The normalized spacial score (nSPS) is 20.7. The van der Waals surface area contributed by atoms with Crippen LogP contribution in [-0.4, -0.2) is 115 Å². The molecule has 0 saturated carbocycles. The summed E-state index contributed by atoms with van der Waals surface area (Å²) >= 11 is 0. The van der Waals surface area contributed by atoms with Gasteiger partial charge in [0.05, 0.1) is 35.5 Å². The SMILES string of the molecule is CC(C)(CCC(=O)c1ccc(-c2c3ccc(=N)c(S(=O)(=O)O)c-3oc3c(S(=O)(=O)O)c(N)ccc23)c(C(=O)O)c1)SSCOC1C[C@H](N2C=CC(N)NC2=O)O[C@@H]1COP(=O)(O)OP(=O)(O)OP(=O)(O)O. The summed E-state index contributed by atoms with van der Waals surface area (Å²) in [6.45, 7) is 2.67. The van der Waals surface area contributed by atoms with Crippen molar-refractivity contribution in [2.75, 3.05) is 18.3 Å². The fourth-order valence-corrected chi connectivity index (χ4v) is 14.0. The number of phosphoric acid groups is 3. The number of rotatable bonds is 21. The topological polar surface area (TPSA) is 463 Å². The number of carboxylic acids is 1. The van der Waals surface area contributed by atoms with Crippen molar-refractivity contribution in [2.24, 2.45) is 5.73 Å². The highest BCUT2D eigenvalue weighted by molar-refractivity contribution is 8.77. The van der Waals surface area contributed by atoms with E-state index in [1.807, 2.05) is 0 Å². The number of ketones is 1. The number of hydrogen-bond acceptors (Lipinski definition) is 21. The molecule has 1 fully saturated rings. The van der Waals surface area contributed by atoms with Crippen LogP contribution in [0.25, 0.3) is 33.4 Å². The van der Waals surface area contributed by atoms with Crippen LogP contribution in [0.15, 0.2) is 68.9 Å². The number of amides is 2. The highest BCUT2D eigenvalue weighted by atomic mass is 33.1. The fraction of sp³-hybridized carbons (Fsp3) is 0.333. The Kier molecular flexibility index (Phi) is 16.6. The average molecular weight is 1130 g/mol. The Bertz CT molecular complexity index is 3240. The summed E-state index contributed by atoms with van der Waals surface area (Å²) in [7, 11) is -25.2. The first-order chi connectivity index (χ1) is 32.7. The Morgan fingerprint density at radius 3 is 2.25 bits per heavy atom. The number of nitrogens with one attached hydrogen (secondary N) is 2. The first-order valence-corrected chi connectivity index (χ1v) is 29.5. The van der Waals surface area contributed by atoms with Crippen molar-refractivity contribution >= 4 is 99.7 Å². The first-order valence-electron chi connectivity index (χ1n) is 19.8. The second kappa shape index (κ2) is 21.0. The molecule has 4 aliphatic rings. The van der Waals surface area contributed by atoms with E-state index in [4.69, 9.17) is 45.1 Å². The summed E-state index contributed by atoms with van der Waals surface area (Å²) in [6.07, 6.45) is -1.43. The number of urea groups is 1. The summed E-state index contributed by atoms with van der Waals surface area (Å²) in [5, 5.41) is 20.1. The van der Waals surface area contributed by atoms with Gasteiger partial charge in [-0.2, -0.15) is 25.5 Å². The van der Waals surface area contributed by atoms with E-state index in [1.54, 1.807) is 13.8 Å². The van der Waals surface area contributed by atoms with Crippen molar-refractivity contribution < 1.29 is 106 Å². The molecule has 6 atom stereocenters. The minimum Gasteiger partial charge on any atom is -0.478 e. The van der Waals surface area contributed by atoms with Gasteiger partial charge in [0.15, 0.2) is 26.9 Å². The smallest absolute Gasteiger partial charge is 0.478 e. The number of nitrogens with zero attached hydrogens (tertiary/aromatic N) is 1. The van der Waals surface area contributed by atoms with Gasteiger partial charge in [-0.3, -0.25) is 28.7 Å². The van der Waals surface area contributed by atoms with Crippen LogP contribution < -0.4 is 22.1 Å². The summed E-state index contributed by atoms with van der Waals surface area (Å²) in [4.78, 5) is 75.3. The Labute approximate surface area is 409 Å². The molecule has 3 aliphatic heterocycles. The molecule has 1 aliphatic carbocycles. The second-order valence-electron chi connectivity index (χ2n) is 15.9. The van der Waals surface area contributed by atoms with E-state index in [9.17, 15) is 68.9 Å². The average Bonchev–Trinajstić information content (AvgIpc) is 3.62. The molecular weight excluding hydrogens is 1090 g/mol. The molecule has 0 radical (unpaired) electrons. The Hall–Kier alpha value is -4.11. The van der Waals surface area contributed by atoms with Crippen LogP contribution in [0.2, 0.25) is 0 Å². The van der Waals surface area contributed by atoms with E-state index in [0.29, 0.717) is 0 Å². The zero-order valence-electron chi connectivity index (χ0n) is 36.3. The fourth-order valence-electron chi connectivity index (χ4n) is 7.22. The van der Waals surface area contributed by atoms with E-state index in [2.05, 4.69) is 13.9 Å². The Balaban J connectivity index is 1.17. The lowest BCUT2D eigenvalue weighted by Crippen LogP contribution is -2.52. The van der Waals surface area contributed by atoms with Gasteiger partial charge in [0.25, 0.3) is 20.2 Å². The number of carboxylic acid groups (broad SMARTS) is 1. The first kappa shape index (κ1) is 56.2. The number of carbonyl (C=O) groups is 3. The molecule has 4 unspecified atom stereocenters. The Morgan fingerprint density at radius 2 is 1.63 bits per heavy atom. The van der Waals surface area contributed by atoms with Crippen molar-refractivity contribution in [3.63, 3.8) is 0 Å². The summed E-state index contributed by atoms with van der Waals surface area (Å²) in [5.41, 5.74) is 9.08. The summed E-state index contributed by atoms with van der Waals surface area (Å²) < 4.78 is 135. The number of nitrogen functional groups attached to an aromatic ring is 1. The van der Waals surface area contributed by atoms with Crippen LogP contribution >= 0.6 is 45.1 Å². The minimum absolute atomic E-state index is 0.0678. The van der Waals surface area contributed by atoms with Gasteiger partial charge in [0.2, 0.25) is 0 Å². The molecule has 3 heterocycles. The van der Waals surface area contributed by atoms with Crippen molar-refractivity contribution in [1.82, 2.24) is 10.2 Å². The molecule has 13 N–H and O–H groups in total. The van der Waals surface area contributed by atoms with Crippen LogP contribution in [0.5, 0.6) is 0 Å². The quantitative estimate of drug-likeness (QED) is 0.00813. The van der Waals surface area contributed by atoms with Gasteiger partial charge < -0.3 is 55.4 Å². The maximum atomic E-state index is 13.7. The van der Waals surface area contributed by atoms with Gasteiger partial charge >= 0.3 is 35.5 Å². The molecule has 71 heavy (non-hydrogen) atoms. The maximum absolute atomic E-state index is 13.7. The van der Waals surface area contributed by atoms with Crippen molar-refractivity contribution in [2.45, 2.75) is 72.2 Å². The van der Waals surface area contributed by atoms with Gasteiger partial charge in [0.1, 0.15) is 18.3 Å². The number of Topliss-reactive ketones (excluding diaryl/α,β-unsaturated/α-hetero) is 1. The van der Waals surface area contributed by atoms with Crippen LogP contribution in [0.3, 0.4) is 0 Å². The molecule has 388 valence electrons. The third-order valence-electron chi connectivity index (χ3n) is 10.2. The van der Waals surface area contributed by atoms with Gasteiger partial charge in [-0.05, 0) is 62.2 Å². The lowest BCUT2D eigenvalue weighted by molar-refractivity contribution is -0.0608. The number of nitrogens with two attached hydrogens (primary N) is 2. The van der Waals surface area contributed by atoms with Crippen molar-refractivity contribution in [1.29, 1.82) is 5.41 Å². The second-order valence-corrected chi connectivity index (χ2v) is 25.9. The maximum Gasteiger partial charge on any atom is 0.490 e. The summed E-state index contributed by atoms with van der Waals surface area (Å²) in [5.74, 6) is -3.01. The number of anilines is 1. The molecule has 0 bridgehead atoms. The van der Waals surface area contributed by atoms with Crippen molar-refractivity contribution in [3.8, 4) is 22.5 Å². The number of aromatic carboxylic acids is 1. The van der Waals surface area contributed by atoms with Crippen LogP contribution in [0, 0.1) is 5.41 Å². The number of hydrogen-bond donors (Lipinski definition) is 11. The zero-order valence-corrected chi connectivity index (χ0v) is 42.2. The number of fused-ring (bicyclic) bond motifs is 2. The number of ether oxygens (including phenoxy) is 2. The van der Waals surface area contributed by atoms with Gasteiger partial charge in [-0.1, -0.05) is 33.7 Å². The van der Waals surface area contributed by atoms with Crippen LogP contribution in [0.4, 0.5) is 10.5 Å². The molecule has 1 saturated heterocycles. The molecule has 2 aromatic rings. The van der Waals surface area contributed by atoms with E-state index in [0.717, 1.165) is 33.9 Å². The van der Waals surface area contributed by atoms with Crippen molar-refractivity contribution in [3.05, 3.63) is 71.2 Å². The number of carbonyl (C=O) groups excluding carboxylic acids is 2. The molecule has 35 heteroatoms. The largest absolute Gasteiger partial charge is 0.490 e. The third-order valence-corrected chi connectivity index (χ3v) is 18.9. The minimum atomic E-state index is -5.84. The molecule has 6 rings (SSSR count). The zero-order chi connectivity index (χ0) is 52.8. The summed E-state index contributed by atoms with van der Waals surface area (Å²) in [6, 6.07) is 7.26. The van der Waals surface area contributed by atoms with Gasteiger partial charge in [-0.25, -0.2) is 23.3 Å². The molecular formula is C36H42N5O23P3S4. The Morgan fingerprint density at radius 1 is 0.972 bits per heavy atom. The predicted octanol–water partition coefficient (Wildman–Crippen LogP) is 4.21. The lowest BCUT2D eigenvalue weighted by Gasteiger charge is -2.30. The van der Waals surface area contributed by atoms with E-state index in [1.165, 1.54) is 47.3 Å². The van der Waals surface area contributed by atoms with Gasteiger partial charge in [0, 0.05) is 45.9 Å².